The zero-order valence-electron chi connectivity index (χ0n) is 14.0. The van der Waals surface area contributed by atoms with Crippen LogP contribution in [0.3, 0.4) is 0 Å². The molecule has 0 radical (unpaired) electrons. The summed E-state index contributed by atoms with van der Waals surface area (Å²) < 4.78 is 33.1. The summed E-state index contributed by atoms with van der Waals surface area (Å²) in [6, 6.07) is 5.24. The Morgan fingerprint density at radius 3 is 2.54 bits per heavy atom. The van der Waals surface area contributed by atoms with Crippen LogP contribution in [-0.2, 0) is 16.6 Å². The van der Waals surface area contributed by atoms with Crippen LogP contribution in [-0.4, -0.2) is 25.5 Å². The van der Waals surface area contributed by atoms with Gasteiger partial charge in [-0.25, -0.2) is 23.1 Å². The van der Waals surface area contributed by atoms with Crippen molar-refractivity contribution in [1.29, 1.82) is 0 Å². The van der Waals surface area contributed by atoms with Crippen molar-refractivity contribution in [3.8, 4) is 5.75 Å². The fraction of sp³-hybridized carbons (Fsp3) is 0.412. The molecule has 0 atom stereocenters. The molecule has 7 heteroatoms. The molecule has 1 aliphatic carbocycles. The van der Waals surface area contributed by atoms with Crippen molar-refractivity contribution in [1.82, 2.24) is 14.7 Å². The average molecular weight is 347 g/mol. The van der Waals surface area contributed by atoms with Gasteiger partial charge in [-0.05, 0) is 56.0 Å². The number of ether oxygens (including phenoxy) is 1. The number of benzene rings is 1. The molecule has 1 aliphatic rings. The second kappa shape index (κ2) is 6.49. The number of sulfonamides is 1. The van der Waals surface area contributed by atoms with Gasteiger partial charge < -0.3 is 4.74 Å². The first-order valence-corrected chi connectivity index (χ1v) is 9.35. The van der Waals surface area contributed by atoms with Gasteiger partial charge in [0.25, 0.3) is 0 Å². The Bertz CT molecular complexity index is 861. The lowest BCUT2D eigenvalue weighted by Crippen LogP contribution is -2.24. The molecule has 1 saturated carbocycles. The van der Waals surface area contributed by atoms with Crippen molar-refractivity contribution in [3.05, 3.63) is 47.0 Å². The van der Waals surface area contributed by atoms with Crippen molar-refractivity contribution < 1.29 is 13.2 Å². The van der Waals surface area contributed by atoms with Crippen LogP contribution < -0.4 is 9.46 Å². The zero-order chi connectivity index (χ0) is 17.3. The topological polar surface area (TPSA) is 81.2 Å². The molecule has 1 aromatic heterocycles. The third-order valence-electron chi connectivity index (χ3n) is 4.25. The van der Waals surface area contributed by atoms with Crippen molar-refractivity contribution >= 4 is 10.0 Å². The van der Waals surface area contributed by atoms with E-state index >= 15 is 0 Å². The van der Waals surface area contributed by atoms with E-state index in [1.807, 2.05) is 19.9 Å². The predicted molar refractivity (Wildman–Crippen MR) is 90.5 cm³/mol. The van der Waals surface area contributed by atoms with Crippen LogP contribution >= 0.6 is 0 Å². The number of rotatable bonds is 6. The minimum atomic E-state index is -3.69. The molecule has 128 valence electrons. The highest BCUT2D eigenvalue weighted by Crippen LogP contribution is 2.38. The lowest BCUT2D eigenvalue weighted by molar-refractivity contribution is 0.401. The van der Waals surface area contributed by atoms with Gasteiger partial charge in [0, 0.05) is 11.6 Å². The Morgan fingerprint density at radius 1 is 1.17 bits per heavy atom. The molecule has 6 nitrogen and oxygen atoms in total. The summed E-state index contributed by atoms with van der Waals surface area (Å²) in [5, 5.41) is 0. The molecule has 1 fully saturated rings. The molecule has 1 aromatic carbocycles. The Kier molecular flexibility index (Phi) is 4.56. The minimum absolute atomic E-state index is 0.126. The van der Waals surface area contributed by atoms with Crippen LogP contribution in [0.1, 0.15) is 41.3 Å². The maximum absolute atomic E-state index is 12.6. The van der Waals surface area contributed by atoms with E-state index < -0.39 is 10.0 Å². The quantitative estimate of drug-likeness (QED) is 0.868. The molecule has 3 rings (SSSR count). The van der Waals surface area contributed by atoms with Crippen molar-refractivity contribution in [2.24, 2.45) is 0 Å². The van der Waals surface area contributed by atoms with Crippen LogP contribution in [0.5, 0.6) is 5.75 Å². The molecule has 0 bridgehead atoms. The van der Waals surface area contributed by atoms with Crippen molar-refractivity contribution in [2.75, 3.05) is 7.11 Å². The Morgan fingerprint density at radius 2 is 1.88 bits per heavy atom. The van der Waals surface area contributed by atoms with Gasteiger partial charge in [0.05, 0.1) is 19.3 Å². The first kappa shape index (κ1) is 16.9. The summed E-state index contributed by atoms with van der Waals surface area (Å²) in [7, 11) is -2.23. The first-order valence-electron chi connectivity index (χ1n) is 7.86. The van der Waals surface area contributed by atoms with E-state index in [4.69, 9.17) is 4.74 Å². The first-order chi connectivity index (χ1) is 11.4. The predicted octanol–water partition coefficient (Wildman–Crippen LogP) is 2.46. The third kappa shape index (κ3) is 3.57. The Labute approximate surface area is 142 Å². The summed E-state index contributed by atoms with van der Waals surface area (Å²) >= 11 is 0. The molecular weight excluding hydrogens is 326 g/mol. The lowest BCUT2D eigenvalue weighted by atomic mass is 10.1. The van der Waals surface area contributed by atoms with E-state index in [0.717, 1.165) is 29.7 Å². The van der Waals surface area contributed by atoms with Gasteiger partial charge in [-0.3, -0.25) is 0 Å². The largest absolute Gasteiger partial charge is 0.495 e. The Balaban J connectivity index is 1.81. The fourth-order valence-corrected chi connectivity index (χ4v) is 3.73. The standard InChI is InChI=1S/C17H21N3O3S/c1-11-6-16(23-3)17(7-12(11)2)24(21,22)20-9-14-8-15(13-4-5-13)19-10-18-14/h6-8,10,13,20H,4-5,9H2,1-3H3. The van der Waals surface area contributed by atoms with Gasteiger partial charge in [-0.15, -0.1) is 0 Å². The molecule has 0 spiro atoms. The maximum Gasteiger partial charge on any atom is 0.244 e. The van der Waals surface area contributed by atoms with Gasteiger partial charge >= 0.3 is 0 Å². The summed E-state index contributed by atoms with van der Waals surface area (Å²) in [5.41, 5.74) is 3.53. The van der Waals surface area contributed by atoms with Crippen LogP contribution in [0, 0.1) is 13.8 Å². The number of aromatic nitrogens is 2. The molecule has 0 saturated heterocycles. The van der Waals surface area contributed by atoms with Crippen LogP contribution in [0.2, 0.25) is 0 Å². The fourth-order valence-electron chi connectivity index (χ4n) is 2.49. The van der Waals surface area contributed by atoms with E-state index in [9.17, 15) is 8.42 Å². The molecule has 0 unspecified atom stereocenters. The minimum Gasteiger partial charge on any atom is -0.495 e. The molecular formula is C17H21N3O3S. The monoisotopic (exact) mass is 347 g/mol. The maximum atomic E-state index is 12.6. The zero-order valence-corrected chi connectivity index (χ0v) is 14.9. The SMILES string of the molecule is COc1cc(C)c(C)cc1S(=O)(=O)NCc1cc(C2CC2)ncn1. The van der Waals surface area contributed by atoms with E-state index in [1.54, 1.807) is 12.1 Å². The van der Waals surface area contributed by atoms with Crippen molar-refractivity contribution in [2.45, 2.75) is 44.0 Å². The summed E-state index contributed by atoms with van der Waals surface area (Å²) in [6.45, 7) is 3.92. The number of methoxy groups -OCH3 is 1. The van der Waals surface area contributed by atoms with E-state index in [1.165, 1.54) is 13.4 Å². The van der Waals surface area contributed by atoms with Gasteiger partial charge in [0.1, 0.15) is 17.0 Å². The van der Waals surface area contributed by atoms with Crippen LogP contribution in [0.4, 0.5) is 0 Å². The molecule has 0 aliphatic heterocycles. The van der Waals surface area contributed by atoms with E-state index in [-0.39, 0.29) is 11.4 Å². The summed E-state index contributed by atoms with van der Waals surface area (Å²) in [5.74, 6) is 0.843. The van der Waals surface area contributed by atoms with Crippen molar-refractivity contribution in [3.63, 3.8) is 0 Å². The normalized spacial score (nSPS) is 14.6. The van der Waals surface area contributed by atoms with Crippen LogP contribution in [0.15, 0.2) is 29.4 Å². The van der Waals surface area contributed by atoms with Gasteiger partial charge in [0.2, 0.25) is 10.0 Å². The number of nitrogens with one attached hydrogen (secondary N) is 1. The molecule has 1 heterocycles. The highest BCUT2D eigenvalue weighted by molar-refractivity contribution is 7.89. The number of nitrogens with zero attached hydrogens (tertiary/aromatic N) is 2. The Hall–Kier alpha value is -1.99. The molecule has 2 aromatic rings. The third-order valence-corrected chi connectivity index (χ3v) is 5.68. The molecule has 0 amide bonds. The number of aryl methyl sites for hydroxylation is 2. The smallest absolute Gasteiger partial charge is 0.244 e. The number of hydrogen-bond donors (Lipinski definition) is 1. The van der Waals surface area contributed by atoms with Gasteiger partial charge in [-0.1, -0.05) is 0 Å². The second-order valence-electron chi connectivity index (χ2n) is 6.12. The molecule has 1 N–H and O–H groups in total. The number of hydrogen-bond acceptors (Lipinski definition) is 5. The highest BCUT2D eigenvalue weighted by atomic mass is 32.2. The second-order valence-corrected chi connectivity index (χ2v) is 7.86. The summed E-state index contributed by atoms with van der Waals surface area (Å²) in [4.78, 5) is 8.54. The van der Waals surface area contributed by atoms with Crippen LogP contribution in [0.25, 0.3) is 0 Å². The lowest BCUT2D eigenvalue weighted by Gasteiger charge is -2.13. The van der Waals surface area contributed by atoms with E-state index in [0.29, 0.717) is 17.4 Å². The molecule has 24 heavy (non-hydrogen) atoms. The van der Waals surface area contributed by atoms with Gasteiger partial charge in [0.15, 0.2) is 0 Å². The van der Waals surface area contributed by atoms with E-state index in [2.05, 4.69) is 14.7 Å². The summed E-state index contributed by atoms with van der Waals surface area (Å²) in [6.07, 6.45) is 3.78. The highest BCUT2D eigenvalue weighted by Gasteiger charge is 2.25. The van der Waals surface area contributed by atoms with Gasteiger partial charge in [-0.2, -0.15) is 0 Å². The average Bonchev–Trinajstić information content (AvgIpc) is 3.40.